The van der Waals surface area contributed by atoms with Gasteiger partial charge in [-0.2, -0.15) is 0 Å². The van der Waals surface area contributed by atoms with Crippen LogP contribution in [0.5, 0.6) is 11.6 Å². The number of rotatable bonds is 6. The monoisotopic (exact) mass is 355 g/mol. The maximum Gasteiger partial charge on any atom is 0.241 e. The van der Waals surface area contributed by atoms with E-state index in [2.05, 4.69) is 23.3 Å². The van der Waals surface area contributed by atoms with Gasteiger partial charge in [-0.05, 0) is 48.9 Å². The van der Waals surface area contributed by atoms with E-state index in [1.165, 1.54) is 5.56 Å². The van der Waals surface area contributed by atoms with E-state index >= 15 is 0 Å². The fraction of sp³-hybridized carbons (Fsp3) is 0.400. The molecule has 26 heavy (non-hydrogen) atoms. The van der Waals surface area contributed by atoms with Crippen molar-refractivity contribution < 1.29 is 14.3 Å². The molecule has 2 heterocycles. The molecule has 1 atom stereocenters. The highest BCUT2D eigenvalue weighted by atomic mass is 16.5. The van der Waals surface area contributed by atoms with Crippen molar-refractivity contribution in [3.05, 3.63) is 48.2 Å². The van der Waals surface area contributed by atoms with Crippen molar-refractivity contribution in [2.75, 3.05) is 18.5 Å². The number of hydrogen-bond donors (Lipinski definition) is 2. The topological polar surface area (TPSA) is 86.5 Å². The molecule has 138 valence electrons. The second-order valence-corrected chi connectivity index (χ2v) is 6.45. The SMILES string of the molecule is CCc1cccc(Oc2ccc(NC(=O)C(N)C3CCOCC3)cn2)c1. The van der Waals surface area contributed by atoms with Crippen molar-refractivity contribution in [1.82, 2.24) is 4.98 Å². The van der Waals surface area contributed by atoms with Gasteiger partial charge in [0.15, 0.2) is 0 Å². The fourth-order valence-corrected chi connectivity index (χ4v) is 2.98. The number of aromatic nitrogens is 1. The van der Waals surface area contributed by atoms with E-state index in [9.17, 15) is 4.79 Å². The van der Waals surface area contributed by atoms with E-state index in [1.807, 2.05) is 18.2 Å². The summed E-state index contributed by atoms with van der Waals surface area (Å²) >= 11 is 0. The summed E-state index contributed by atoms with van der Waals surface area (Å²) in [6.45, 7) is 3.43. The van der Waals surface area contributed by atoms with Crippen molar-refractivity contribution in [3.63, 3.8) is 0 Å². The Morgan fingerprint density at radius 3 is 2.85 bits per heavy atom. The first kappa shape index (κ1) is 18.4. The van der Waals surface area contributed by atoms with Crippen LogP contribution in [0.1, 0.15) is 25.3 Å². The molecule has 1 saturated heterocycles. The fourth-order valence-electron chi connectivity index (χ4n) is 2.98. The first-order valence-corrected chi connectivity index (χ1v) is 9.02. The average molecular weight is 355 g/mol. The molecule has 1 unspecified atom stereocenters. The minimum atomic E-state index is -0.536. The van der Waals surface area contributed by atoms with E-state index in [4.69, 9.17) is 15.2 Å². The molecule has 3 rings (SSSR count). The smallest absolute Gasteiger partial charge is 0.241 e. The van der Waals surface area contributed by atoms with Gasteiger partial charge in [0.1, 0.15) is 5.75 Å². The first-order valence-electron chi connectivity index (χ1n) is 9.02. The van der Waals surface area contributed by atoms with Gasteiger partial charge in [-0.25, -0.2) is 4.98 Å². The van der Waals surface area contributed by atoms with Crippen molar-refractivity contribution in [2.24, 2.45) is 11.7 Å². The van der Waals surface area contributed by atoms with Crippen LogP contribution in [-0.2, 0) is 16.0 Å². The molecule has 2 aromatic rings. The largest absolute Gasteiger partial charge is 0.439 e. The number of pyridine rings is 1. The molecule has 1 aromatic heterocycles. The number of anilines is 1. The number of nitrogens with zero attached hydrogens (tertiary/aromatic N) is 1. The Balaban J connectivity index is 1.57. The number of nitrogens with one attached hydrogen (secondary N) is 1. The number of aryl methyl sites for hydroxylation is 1. The standard InChI is InChI=1S/C20H25N3O3/c1-2-14-4-3-5-17(12-14)26-18-7-6-16(13-22-18)23-20(24)19(21)15-8-10-25-11-9-15/h3-7,12-13,15,19H,2,8-11,21H2,1H3,(H,23,24). The second kappa shape index (κ2) is 8.78. The summed E-state index contributed by atoms with van der Waals surface area (Å²) in [7, 11) is 0. The molecular weight excluding hydrogens is 330 g/mol. The lowest BCUT2D eigenvalue weighted by Gasteiger charge is -2.26. The van der Waals surface area contributed by atoms with Crippen LogP contribution >= 0.6 is 0 Å². The number of amides is 1. The highest BCUT2D eigenvalue weighted by molar-refractivity contribution is 5.94. The Morgan fingerprint density at radius 1 is 1.35 bits per heavy atom. The van der Waals surface area contributed by atoms with Crippen LogP contribution in [0.3, 0.4) is 0 Å². The molecule has 1 aromatic carbocycles. The van der Waals surface area contributed by atoms with Crippen LogP contribution in [0.15, 0.2) is 42.6 Å². The van der Waals surface area contributed by atoms with E-state index < -0.39 is 6.04 Å². The molecule has 0 radical (unpaired) electrons. The third-order valence-corrected chi connectivity index (χ3v) is 4.61. The third-order valence-electron chi connectivity index (χ3n) is 4.61. The van der Waals surface area contributed by atoms with Crippen LogP contribution in [0.4, 0.5) is 5.69 Å². The molecule has 6 nitrogen and oxygen atoms in total. The Hall–Kier alpha value is -2.44. The molecule has 0 saturated carbocycles. The van der Waals surface area contributed by atoms with Gasteiger partial charge in [0.05, 0.1) is 17.9 Å². The summed E-state index contributed by atoms with van der Waals surface area (Å²) in [4.78, 5) is 16.6. The zero-order valence-corrected chi connectivity index (χ0v) is 15.0. The quantitative estimate of drug-likeness (QED) is 0.831. The van der Waals surface area contributed by atoms with Crippen LogP contribution in [0.2, 0.25) is 0 Å². The van der Waals surface area contributed by atoms with Gasteiger partial charge >= 0.3 is 0 Å². The summed E-state index contributed by atoms with van der Waals surface area (Å²) in [6.07, 6.45) is 4.16. The van der Waals surface area contributed by atoms with Crippen molar-refractivity contribution >= 4 is 11.6 Å². The zero-order chi connectivity index (χ0) is 18.4. The second-order valence-electron chi connectivity index (χ2n) is 6.45. The number of ether oxygens (including phenoxy) is 2. The summed E-state index contributed by atoms with van der Waals surface area (Å²) in [5, 5.41) is 2.83. The number of carbonyl (C=O) groups excluding carboxylic acids is 1. The van der Waals surface area contributed by atoms with Gasteiger partial charge in [0.2, 0.25) is 11.8 Å². The molecular formula is C20H25N3O3. The maximum absolute atomic E-state index is 12.3. The van der Waals surface area contributed by atoms with Crippen LogP contribution in [0, 0.1) is 5.92 Å². The zero-order valence-electron chi connectivity index (χ0n) is 15.0. The van der Waals surface area contributed by atoms with Gasteiger partial charge in [-0.1, -0.05) is 19.1 Å². The molecule has 0 spiro atoms. The Kier molecular flexibility index (Phi) is 6.20. The molecule has 1 fully saturated rings. The maximum atomic E-state index is 12.3. The van der Waals surface area contributed by atoms with Crippen molar-refractivity contribution in [1.29, 1.82) is 0 Å². The van der Waals surface area contributed by atoms with E-state index in [0.29, 0.717) is 24.8 Å². The summed E-state index contributed by atoms with van der Waals surface area (Å²) in [5.41, 5.74) is 7.89. The highest BCUT2D eigenvalue weighted by Crippen LogP contribution is 2.22. The highest BCUT2D eigenvalue weighted by Gasteiger charge is 2.26. The van der Waals surface area contributed by atoms with Gasteiger partial charge < -0.3 is 20.5 Å². The van der Waals surface area contributed by atoms with Gasteiger partial charge in [-0.3, -0.25) is 4.79 Å². The minimum absolute atomic E-state index is 0.158. The summed E-state index contributed by atoms with van der Waals surface area (Å²) < 4.78 is 11.1. The minimum Gasteiger partial charge on any atom is -0.439 e. The molecule has 0 aliphatic carbocycles. The molecule has 1 amide bonds. The number of carbonyl (C=O) groups is 1. The lowest BCUT2D eigenvalue weighted by Crippen LogP contribution is -2.44. The number of nitrogens with two attached hydrogens (primary N) is 1. The van der Waals surface area contributed by atoms with Crippen LogP contribution < -0.4 is 15.8 Å². The Labute approximate surface area is 153 Å². The normalized spacial score (nSPS) is 16.1. The lowest BCUT2D eigenvalue weighted by molar-refractivity contribution is -0.119. The molecule has 6 heteroatoms. The molecule has 0 bridgehead atoms. The van der Waals surface area contributed by atoms with Gasteiger partial charge in [0, 0.05) is 19.3 Å². The number of benzene rings is 1. The van der Waals surface area contributed by atoms with Gasteiger partial charge in [-0.15, -0.1) is 0 Å². The molecule has 3 N–H and O–H groups in total. The molecule has 1 aliphatic heterocycles. The van der Waals surface area contributed by atoms with Crippen molar-refractivity contribution in [2.45, 2.75) is 32.2 Å². The van der Waals surface area contributed by atoms with Crippen LogP contribution in [0.25, 0.3) is 0 Å². The predicted octanol–water partition coefficient (Wildman–Crippen LogP) is 3.13. The average Bonchev–Trinajstić information content (AvgIpc) is 2.69. The Bertz CT molecular complexity index is 727. The van der Waals surface area contributed by atoms with E-state index in [0.717, 1.165) is 25.0 Å². The third kappa shape index (κ3) is 4.80. The predicted molar refractivity (Wildman–Crippen MR) is 100 cm³/mol. The summed E-state index contributed by atoms with van der Waals surface area (Å²) in [5.74, 6) is 1.19. The number of hydrogen-bond acceptors (Lipinski definition) is 5. The van der Waals surface area contributed by atoms with Crippen LogP contribution in [-0.4, -0.2) is 30.1 Å². The van der Waals surface area contributed by atoms with Crippen molar-refractivity contribution in [3.8, 4) is 11.6 Å². The van der Waals surface area contributed by atoms with E-state index in [1.54, 1.807) is 18.3 Å². The van der Waals surface area contributed by atoms with E-state index in [-0.39, 0.29) is 11.8 Å². The summed E-state index contributed by atoms with van der Waals surface area (Å²) in [6, 6.07) is 10.9. The molecule has 1 aliphatic rings. The van der Waals surface area contributed by atoms with Gasteiger partial charge in [0.25, 0.3) is 0 Å². The Morgan fingerprint density at radius 2 is 2.15 bits per heavy atom. The first-order chi connectivity index (χ1) is 12.7. The lowest BCUT2D eigenvalue weighted by atomic mass is 9.92.